The number of nitrogens with zero attached hydrogens (tertiary/aromatic N) is 1. The van der Waals surface area contributed by atoms with Gasteiger partial charge in [-0.05, 0) is 55.0 Å². The molecule has 8 heteroatoms. The molecule has 34 heavy (non-hydrogen) atoms. The lowest BCUT2D eigenvalue weighted by atomic mass is 10.0. The van der Waals surface area contributed by atoms with Gasteiger partial charge in [0.05, 0.1) is 22.2 Å². The maximum Gasteiger partial charge on any atom is 0.262 e. The van der Waals surface area contributed by atoms with E-state index in [-0.39, 0.29) is 33.7 Å². The number of anilines is 1. The van der Waals surface area contributed by atoms with Crippen LogP contribution in [0.2, 0.25) is 10.0 Å². The normalized spacial score (nSPS) is 10.8. The van der Waals surface area contributed by atoms with Crippen LogP contribution < -0.4 is 14.8 Å². The van der Waals surface area contributed by atoms with E-state index >= 15 is 0 Å². The minimum absolute atomic E-state index is 0.0630. The molecule has 172 valence electrons. The number of ether oxygens (including phenoxy) is 2. The summed E-state index contributed by atoms with van der Waals surface area (Å²) in [4.78, 5) is 25.1. The summed E-state index contributed by atoms with van der Waals surface area (Å²) in [5.74, 6) is -0.203. The summed E-state index contributed by atoms with van der Waals surface area (Å²) in [5.41, 5.74) is 1.10. The molecular formula is C26H20Cl2N2O4. The molecule has 0 aliphatic rings. The van der Waals surface area contributed by atoms with Crippen LogP contribution in [-0.4, -0.2) is 24.9 Å². The fraction of sp³-hybridized carbons (Fsp3) is 0.115. The predicted octanol–water partition coefficient (Wildman–Crippen LogP) is 6.20. The molecule has 0 atom stereocenters. The lowest BCUT2D eigenvalue weighted by Gasteiger charge is -2.13. The van der Waals surface area contributed by atoms with Crippen molar-refractivity contribution in [2.45, 2.75) is 6.92 Å². The number of nitrogens with one attached hydrogen (secondary N) is 1. The van der Waals surface area contributed by atoms with Gasteiger partial charge in [-0.3, -0.25) is 9.59 Å². The summed E-state index contributed by atoms with van der Waals surface area (Å²) >= 11 is 12.2. The van der Waals surface area contributed by atoms with Gasteiger partial charge in [-0.25, -0.2) is 0 Å². The molecule has 3 aromatic carbocycles. The molecule has 0 saturated heterocycles. The molecule has 1 N–H and O–H groups in total. The van der Waals surface area contributed by atoms with Crippen molar-refractivity contribution < 1.29 is 19.1 Å². The summed E-state index contributed by atoms with van der Waals surface area (Å²) in [7, 11) is 0. The standard InChI is InChI=1S/C26H20Cl2N2O4/c1-2-33-23-14-17(13-18(15-29)26(32)25-20(27)9-6-10-21(25)28)11-12-22(23)34-16-24(31)30-19-7-4-3-5-8-19/h3-14H,2,16H2,1H3,(H,30,31)/b18-13+. The minimum atomic E-state index is -0.589. The number of ketones is 1. The van der Waals surface area contributed by atoms with E-state index in [0.717, 1.165) is 0 Å². The predicted molar refractivity (Wildman–Crippen MR) is 133 cm³/mol. The molecule has 0 saturated carbocycles. The van der Waals surface area contributed by atoms with Crippen molar-refractivity contribution in [3.8, 4) is 17.6 Å². The third-order valence-corrected chi connectivity index (χ3v) is 5.18. The number of carbonyl (C=O) groups is 2. The van der Waals surface area contributed by atoms with Gasteiger partial charge in [-0.2, -0.15) is 5.26 Å². The third kappa shape index (κ3) is 6.38. The van der Waals surface area contributed by atoms with Crippen molar-refractivity contribution >= 4 is 46.7 Å². The molecule has 0 radical (unpaired) electrons. The highest BCUT2D eigenvalue weighted by atomic mass is 35.5. The van der Waals surface area contributed by atoms with Crippen LogP contribution in [0.15, 0.2) is 72.3 Å². The third-order valence-electron chi connectivity index (χ3n) is 4.55. The Bertz CT molecular complexity index is 1250. The fourth-order valence-corrected chi connectivity index (χ4v) is 3.60. The lowest BCUT2D eigenvalue weighted by Crippen LogP contribution is -2.20. The highest BCUT2D eigenvalue weighted by molar-refractivity contribution is 6.41. The van der Waals surface area contributed by atoms with Gasteiger partial charge in [-0.1, -0.05) is 53.5 Å². The van der Waals surface area contributed by atoms with Crippen molar-refractivity contribution in [2.75, 3.05) is 18.5 Å². The first kappa shape index (κ1) is 24.8. The van der Waals surface area contributed by atoms with E-state index in [9.17, 15) is 14.9 Å². The van der Waals surface area contributed by atoms with E-state index in [1.807, 2.05) is 24.3 Å². The SMILES string of the molecule is CCOc1cc(/C=C(\C#N)C(=O)c2c(Cl)cccc2Cl)ccc1OCC(=O)Nc1ccccc1. The van der Waals surface area contributed by atoms with E-state index in [0.29, 0.717) is 29.4 Å². The molecular weight excluding hydrogens is 475 g/mol. The number of para-hydroxylation sites is 1. The van der Waals surface area contributed by atoms with Crippen molar-refractivity contribution in [3.63, 3.8) is 0 Å². The molecule has 3 aromatic rings. The Morgan fingerprint density at radius 1 is 0.971 bits per heavy atom. The van der Waals surface area contributed by atoms with E-state index < -0.39 is 5.78 Å². The average Bonchev–Trinajstić information content (AvgIpc) is 2.82. The largest absolute Gasteiger partial charge is 0.490 e. The van der Waals surface area contributed by atoms with Gasteiger partial charge < -0.3 is 14.8 Å². The van der Waals surface area contributed by atoms with Crippen molar-refractivity contribution in [1.29, 1.82) is 5.26 Å². The number of carbonyl (C=O) groups excluding carboxylic acids is 2. The zero-order valence-corrected chi connectivity index (χ0v) is 19.7. The summed E-state index contributed by atoms with van der Waals surface area (Å²) in [6.07, 6.45) is 1.41. The number of Topliss-reactive ketones (excluding diaryl/α,β-unsaturated/α-hetero) is 1. The first-order valence-electron chi connectivity index (χ1n) is 10.3. The topological polar surface area (TPSA) is 88.4 Å². The van der Waals surface area contributed by atoms with E-state index in [4.69, 9.17) is 32.7 Å². The van der Waals surface area contributed by atoms with Crippen molar-refractivity contribution in [2.24, 2.45) is 0 Å². The number of nitriles is 1. The highest BCUT2D eigenvalue weighted by Crippen LogP contribution is 2.31. The molecule has 0 spiro atoms. The number of rotatable bonds is 9. The van der Waals surface area contributed by atoms with Crippen LogP contribution in [0.25, 0.3) is 6.08 Å². The van der Waals surface area contributed by atoms with Gasteiger partial charge in [0.15, 0.2) is 18.1 Å². The van der Waals surface area contributed by atoms with Crippen LogP contribution >= 0.6 is 23.2 Å². The molecule has 0 bridgehead atoms. The zero-order chi connectivity index (χ0) is 24.5. The Hall–Kier alpha value is -3.79. The van der Waals surface area contributed by atoms with Gasteiger partial charge in [0.25, 0.3) is 5.91 Å². The van der Waals surface area contributed by atoms with Gasteiger partial charge >= 0.3 is 0 Å². The number of benzene rings is 3. The lowest BCUT2D eigenvalue weighted by molar-refractivity contribution is -0.118. The molecule has 6 nitrogen and oxygen atoms in total. The number of hydrogen-bond donors (Lipinski definition) is 1. The van der Waals surface area contributed by atoms with E-state index in [1.54, 1.807) is 43.3 Å². The molecule has 0 fully saturated rings. The van der Waals surface area contributed by atoms with E-state index in [1.165, 1.54) is 18.2 Å². The average molecular weight is 495 g/mol. The number of halogens is 2. The van der Waals surface area contributed by atoms with Gasteiger partial charge in [0, 0.05) is 5.69 Å². The molecule has 0 heterocycles. The summed E-state index contributed by atoms with van der Waals surface area (Å²) in [6, 6.07) is 20.5. The number of hydrogen-bond acceptors (Lipinski definition) is 5. The minimum Gasteiger partial charge on any atom is -0.490 e. The second kappa shape index (κ2) is 11.9. The molecule has 3 rings (SSSR count). The maximum absolute atomic E-state index is 12.9. The van der Waals surface area contributed by atoms with Crippen molar-refractivity contribution in [1.82, 2.24) is 0 Å². The van der Waals surface area contributed by atoms with Crippen LogP contribution in [0.4, 0.5) is 5.69 Å². The Kier molecular flexibility index (Phi) is 8.69. The van der Waals surface area contributed by atoms with Crippen LogP contribution in [-0.2, 0) is 4.79 Å². The number of allylic oxidation sites excluding steroid dienone is 1. The molecule has 0 aliphatic heterocycles. The van der Waals surface area contributed by atoms with E-state index in [2.05, 4.69) is 5.32 Å². The van der Waals surface area contributed by atoms with Crippen LogP contribution in [0, 0.1) is 11.3 Å². The molecule has 0 unspecified atom stereocenters. The van der Waals surface area contributed by atoms with Gasteiger partial charge in [0.2, 0.25) is 5.78 Å². The Morgan fingerprint density at radius 3 is 2.32 bits per heavy atom. The first-order chi connectivity index (χ1) is 16.4. The van der Waals surface area contributed by atoms with Crippen LogP contribution in [0.5, 0.6) is 11.5 Å². The Balaban J connectivity index is 1.79. The Morgan fingerprint density at radius 2 is 1.68 bits per heavy atom. The first-order valence-corrected chi connectivity index (χ1v) is 11.0. The van der Waals surface area contributed by atoms with Crippen LogP contribution in [0.3, 0.4) is 0 Å². The second-order valence-corrected chi connectivity index (χ2v) is 7.75. The zero-order valence-electron chi connectivity index (χ0n) is 18.2. The summed E-state index contributed by atoms with van der Waals surface area (Å²) in [6.45, 7) is 1.92. The van der Waals surface area contributed by atoms with Gasteiger partial charge in [0.1, 0.15) is 11.6 Å². The smallest absolute Gasteiger partial charge is 0.262 e. The highest BCUT2D eigenvalue weighted by Gasteiger charge is 2.19. The van der Waals surface area contributed by atoms with Gasteiger partial charge in [-0.15, -0.1) is 0 Å². The molecule has 0 aliphatic carbocycles. The monoisotopic (exact) mass is 494 g/mol. The fourth-order valence-electron chi connectivity index (χ4n) is 3.03. The molecule has 1 amide bonds. The summed E-state index contributed by atoms with van der Waals surface area (Å²) in [5, 5.41) is 12.6. The second-order valence-electron chi connectivity index (χ2n) is 6.94. The Labute approximate surface area is 207 Å². The molecule has 0 aromatic heterocycles. The number of amides is 1. The maximum atomic E-state index is 12.9. The van der Waals surface area contributed by atoms with Crippen molar-refractivity contribution in [3.05, 3.63) is 93.5 Å². The van der Waals surface area contributed by atoms with Crippen LogP contribution in [0.1, 0.15) is 22.8 Å². The quantitative estimate of drug-likeness (QED) is 0.217. The summed E-state index contributed by atoms with van der Waals surface area (Å²) < 4.78 is 11.3.